The molecule has 36 heteroatoms. The third-order valence-electron chi connectivity index (χ3n) is 22.3. The average Bonchev–Trinajstić information content (AvgIpc) is 1.54. The van der Waals surface area contributed by atoms with Gasteiger partial charge in [0.2, 0.25) is 0 Å². The van der Waals surface area contributed by atoms with E-state index in [0.29, 0.717) is 51.4 Å². The molecule has 0 radical (unpaired) electrons. The molecule has 13 heterocycles. The molecule has 13 rings (SSSR count). The van der Waals surface area contributed by atoms with Gasteiger partial charge in [0, 0.05) is 140 Å². The maximum absolute atomic E-state index is 13.5. The van der Waals surface area contributed by atoms with E-state index in [1.165, 1.54) is 45.3 Å². The molecule has 8 aromatic heterocycles. The number of aliphatic hydroxyl groups excluding tert-OH is 1. The van der Waals surface area contributed by atoms with Crippen LogP contribution >= 0.6 is 45.3 Å². The molecule has 0 bridgehead atoms. The maximum Gasteiger partial charge on any atom is 0.283 e. The van der Waals surface area contributed by atoms with Crippen molar-refractivity contribution in [3.05, 3.63) is 114 Å². The van der Waals surface area contributed by atoms with Gasteiger partial charge in [0.1, 0.15) is 46.0 Å². The number of pyridine rings is 4. The van der Waals surface area contributed by atoms with Crippen molar-refractivity contribution in [1.29, 1.82) is 0 Å². The average molecular weight is 1860 g/mol. The number of nitrogens with zero attached hydrogens (tertiary/aromatic N) is 13. The molecule has 32 nitrogen and oxygen atoms in total. The number of carbonyl (C=O) groups excluding carboxylic acids is 8. The van der Waals surface area contributed by atoms with E-state index in [4.69, 9.17) is 0 Å². The minimum atomic E-state index is -1.04. The molecule has 0 spiro atoms. The summed E-state index contributed by atoms with van der Waals surface area (Å²) in [5.41, 5.74) is 4.90. The summed E-state index contributed by atoms with van der Waals surface area (Å²) < 4.78 is 0. The summed E-state index contributed by atoms with van der Waals surface area (Å²) in [5.74, 6) is 0.947. The lowest BCUT2D eigenvalue weighted by molar-refractivity contribution is -0.0668. The number of β-amino-alcohol motifs (C(OH)–C–C–N with tert-alkyl or cyclic N) is 1. The van der Waals surface area contributed by atoms with Gasteiger partial charge in [-0.15, -0.1) is 45.3 Å². The zero-order valence-corrected chi connectivity index (χ0v) is 83.2. The summed E-state index contributed by atoms with van der Waals surface area (Å²) in [6.45, 7) is 49.8. The highest BCUT2D eigenvalue weighted by Gasteiger charge is 2.43. The van der Waals surface area contributed by atoms with Crippen molar-refractivity contribution in [2.45, 2.75) is 294 Å². The van der Waals surface area contributed by atoms with Crippen LogP contribution in [0.15, 0.2) is 49.1 Å². The number of aromatic nitrogens is 8. The Labute approximate surface area is 780 Å². The fourth-order valence-corrected chi connectivity index (χ4v) is 19.8. The predicted molar refractivity (Wildman–Crippen MR) is 516 cm³/mol. The minimum Gasteiger partial charge on any atom is -0.394 e. The first-order valence-electron chi connectivity index (χ1n) is 45.0. The maximum atomic E-state index is 13.5. The van der Waals surface area contributed by atoms with Crippen LogP contribution in [0.1, 0.15) is 300 Å². The monoisotopic (exact) mass is 1860 g/mol. The Morgan fingerprint density at radius 2 is 0.715 bits per heavy atom. The molecule has 5 aliphatic rings. The number of thiazole rings is 4. The number of aryl methyl sites for hydroxylation is 4. The minimum absolute atomic E-state index is 0.0866. The molecule has 706 valence electrons. The molecule has 8 amide bonds. The van der Waals surface area contributed by atoms with E-state index in [2.05, 4.69) is 126 Å². The van der Waals surface area contributed by atoms with E-state index < -0.39 is 40.6 Å². The molecular weight excluding hydrogens is 1730 g/mol. The van der Waals surface area contributed by atoms with E-state index in [9.17, 15) is 58.8 Å². The molecule has 0 unspecified atom stereocenters. The second-order valence-corrected chi connectivity index (χ2v) is 43.2. The number of amides is 8. The summed E-state index contributed by atoms with van der Waals surface area (Å²) in [6, 6.07) is 8.44. The Balaban J connectivity index is 0.000000180. The van der Waals surface area contributed by atoms with Crippen molar-refractivity contribution in [2.75, 3.05) is 80.2 Å². The predicted octanol–water partition coefficient (Wildman–Crippen LogP) is 14.3. The number of anilines is 4. The number of piperidine rings is 1. The Morgan fingerprint density at radius 3 is 0.985 bits per heavy atom. The SMILES string of the molecule is Cc1cc(NC(C)(C)C)ncc1-c1sc(C(=O)N2CC(C)(O)C2)nc1C(=O)N1CCC[C@@H]1C.Cc1cc(NC(C)(C)C)ncc1-c1sc(C(=O)N[C@H](C)CO)nc1C(=O)N1CCC[C@@H]1C.Cc1cc(NC(C)C)ncc1-c1sc(C(=O)NCC(C)(C)O)nc1C(=O)N1CCCC[C@@H]1C.Cc1cc(NC(C)C)ncc1-c1sc(C(=O)NCC(C)(C)O)nc1C(=O)N1CCC[C@@H]1C. The van der Waals surface area contributed by atoms with Crippen LogP contribution < -0.4 is 37.2 Å². The van der Waals surface area contributed by atoms with Crippen molar-refractivity contribution in [2.24, 2.45) is 0 Å². The zero-order chi connectivity index (χ0) is 95.7. The molecule has 8 aromatic rings. The number of likely N-dealkylation sites (tertiary alicyclic amines) is 5. The summed E-state index contributed by atoms with van der Waals surface area (Å²) in [7, 11) is 0. The van der Waals surface area contributed by atoms with Crippen LogP contribution in [0.25, 0.3) is 41.8 Å². The molecule has 130 heavy (non-hydrogen) atoms. The van der Waals surface area contributed by atoms with Gasteiger partial charge in [0.25, 0.3) is 47.3 Å². The highest BCUT2D eigenvalue weighted by molar-refractivity contribution is 7.18. The van der Waals surface area contributed by atoms with Crippen LogP contribution in [0.4, 0.5) is 23.3 Å². The van der Waals surface area contributed by atoms with Gasteiger partial charge in [-0.1, -0.05) is 0 Å². The van der Waals surface area contributed by atoms with Gasteiger partial charge in [-0.25, -0.2) is 39.9 Å². The molecule has 11 N–H and O–H groups in total. The smallest absolute Gasteiger partial charge is 0.283 e. The molecule has 0 aliphatic carbocycles. The number of aliphatic hydroxyl groups is 4. The number of carbonyl (C=O) groups is 8. The largest absolute Gasteiger partial charge is 0.394 e. The molecule has 5 aliphatic heterocycles. The van der Waals surface area contributed by atoms with Crippen molar-refractivity contribution in [3.8, 4) is 41.8 Å². The Kier molecular flexibility index (Phi) is 33.5. The van der Waals surface area contributed by atoms with Crippen molar-refractivity contribution in [1.82, 2.24) is 80.3 Å². The van der Waals surface area contributed by atoms with Gasteiger partial charge < -0.3 is 82.1 Å². The Hall–Kier alpha value is -10.1. The van der Waals surface area contributed by atoms with Crippen molar-refractivity contribution in [3.63, 3.8) is 0 Å². The second kappa shape index (κ2) is 42.6. The highest BCUT2D eigenvalue weighted by atomic mass is 32.1. The Morgan fingerprint density at radius 1 is 0.431 bits per heavy atom. The zero-order valence-electron chi connectivity index (χ0n) is 79.9. The van der Waals surface area contributed by atoms with E-state index in [1.807, 2.05) is 120 Å². The third-order valence-corrected chi connectivity index (χ3v) is 26.6. The molecule has 5 saturated heterocycles. The molecule has 5 atom stereocenters. The van der Waals surface area contributed by atoms with Crippen LogP contribution in [0, 0.1) is 27.7 Å². The Bertz CT molecular complexity index is 5390. The lowest BCUT2D eigenvalue weighted by Gasteiger charge is -2.43. The van der Waals surface area contributed by atoms with Crippen LogP contribution in [0.2, 0.25) is 0 Å². The lowest BCUT2D eigenvalue weighted by Crippen LogP contribution is -2.61. The number of rotatable bonds is 24. The molecular formula is C94H134N20O12S4. The summed E-state index contributed by atoms with van der Waals surface area (Å²) in [4.78, 5) is 153. The summed E-state index contributed by atoms with van der Waals surface area (Å²) in [6.07, 6.45) is 15.8. The molecule has 5 fully saturated rings. The van der Waals surface area contributed by atoms with E-state index in [-0.39, 0.29) is 147 Å². The van der Waals surface area contributed by atoms with Gasteiger partial charge >= 0.3 is 0 Å². The number of hydrogen-bond donors (Lipinski definition) is 11. The van der Waals surface area contributed by atoms with Gasteiger partial charge in [-0.2, -0.15) is 0 Å². The van der Waals surface area contributed by atoms with Crippen LogP contribution in [-0.4, -0.2) is 261 Å². The topological polar surface area (TPSA) is 421 Å². The molecule has 0 aromatic carbocycles. The normalized spacial score (nSPS) is 17.7. The third kappa shape index (κ3) is 26.9. The van der Waals surface area contributed by atoms with Crippen molar-refractivity contribution >= 4 is 116 Å². The fraction of sp³-hybridized carbons (Fsp3) is 0.574. The van der Waals surface area contributed by atoms with Gasteiger partial charge in [-0.05, 0) is 270 Å². The van der Waals surface area contributed by atoms with Crippen LogP contribution in [0.5, 0.6) is 0 Å². The summed E-state index contributed by atoms with van der Waals surface area (Å²) >= 11 is 4.78. The lowest BCUT2D eigenvalue weighted by atomic mass is 9.97. The second-order valence-electron chi connectivity index (χ2n) is 39.2. The van der Waals surface area contributed by atoms with Gasteiger partial charge in [0.05, 0.1) is 56.0 Å². The van der Waals surface area contributed by atoms with Crippen molar-refractivity contribution < 1.29 is 58.8 Å². The van der Waals surface area contributed by atoms with Gasteiger partial charge in [0.15, 0.2) is 20.0 Å². The standard InChI is InChI=1S/C24H33N5O3S.C24H35N5O3S.2C23H33N5O3S/c1-14-10-17(27-23(3,4)5)25-11-16(14)19-18(21(30)29-9-7-8-15(29)2)26-20(33-19)22(31)28-12-24(6,32)13-28;1-14(2)27-18-11-15(3)17(12-25-18)20-19(23(31)29-10-8-7-9-16(29)4)28-22(33-20)21(30)26-13-24(5,6)32;1-13-10-17(27-23(4,5)6)24-11-16(13)19-18(22(31)28-9-7-8-15(28)3)26-21(32-19)20(30)25-14(2)12-29;1-13(2)26-17-10-14(3)16(11-24-17)19-18(22(30)28-9-7-8-15(28)4)27-21(32-19)20(29)25-12-23(5,6)31/h10-11,15,32H,7-9,12-13H2,1-6H3,(H,25,27);11-12,14,16,32H,7-10,13H2,1-6H3,(H,25,27)(H,26,30);10-11,14-15,29H,7-9,12H2,1-6H3,(H,24,27)(H,25,30);10-11,13,15,31H,7-9,12H2,1-6H3,(H,24,26)(H,25,29)/t15-;16-;14-,15+;15-/m0010/s1. The first-order valence-corrected chi connectivity index (χ1v) is 48.2. The van der Waals surface area contributed by atoms with Crippen LogP contribution in [0.3, 0.4) is 0 Å². The summed E-state index contributed by atoms with van der Waals surface area (Å²) in [5, 5.41) is 61.5. The van der Waals surface area contributed by atoms with E-state index in [0.717, 1.165) is 126 Å². The number of hydrogen-bond acceptors (Lipinski definition) is 28. The quantitative estimate of drug-likeness (QED) is 0.0268. The van der Waals surface area contributed by atoms with E-state index in [1.54, 1.807) is 71.2 Å². The molecule has 0 saturated carbocycles. The van der Waals surface area contributed by atoms with Gasteiger partial charge in [-0.3, -0.25) is 38.4 Å². The van der Waals surface area contributed by atoms with Crippen LogP contribution in [-0.2, 0) is 0 Å². The van der Waals surface area contributed by atoms with E-state index >= 15 is 0 Å². The first kappa shape index (κ1) is 102. The fourth-order valence-electron chi connectivity index (χ4n) is 15.6. The first-order chi connectivity index (χ1) is 60.8. The number of nitrogens with one attached hydrogen (secondary N) is 7. The highest BCUT2D eigenvalue weighted by Crippen LogP contribution is 2.42.